The Morgan fingerprint density at radius 2 is 1.66 bits per heavy atom. The van der Waals surface area contributed by atoms with Crippen LogP contribution in [0.1, 0.15) is 63.4 Å². The highest BCUT2D eigenvalue weighted by Gasteiger charge is 2.34. The molecule has 7 heteroatoms. The average molecular weight is 423 g/mol. The van der Waals surface area contributed by atoms with E-state index in [0.29, 0.717) is 31.7 Å². The Morgan fingerprint density at radius 3 is 2.28 bits per heavy atom. The molecule has 162 valence electrons. The van der Waals surface area contributed by atoms with Gasteiger partial charge in [-0.25, -0.2) is 8.42 Å². The second-order valence-electron chi connectivity index (χ2n) is 8.38. The first kappa shape index (κ1) is 22.1. The Morgan fingerprint density at radius 1 is 1.03 bits per heavy atom. The molecule has 1 N–H and O–H groups in total. The minimum Gasteiger partial charge on any atom is -0.495 e. The molecule has 2 aliphatic rings. The zero-order chi connectivity index (χ0) is 20.9. The molecule has 1 amide bonds. The number of methoxy groups -OCH3 is 1. The van der Waals surface area contributed by atoms with Crippen LogP contribution in [0.15, 0.2) is 23.1 Å². The maximum Gasteiger partial charge on any atom is 0.246 e. The quantitative estimate of drug-likeness (QED) is 0.786. The topological polar surface area (TPSA) is 75.7 Å². The average Bonchev–Trinajstić information content (AvgIpc) is 2.70. The van der Waals surface area contributed by atoms with Crippen LogP contribution in [0, 0.1) is 12.8 Å². The van der Waals surface area contributed by atoms with Gasteiger partial charge in [-0.15, -0.1) is 0 Å². The standard InChI is InChI=1S/C22H34N2O4S/c1-17-10-11-20(28-2)21(16-17)29(26,27)24-14-12-18(13-15-24)22(25)23-19-8-6-4-3-5-7-9-19/h10-11,16,18-19H,3-9,12-15H2,1-2H3,(H,23,25). The number of rotatable bonds is 5. The molecule has 0 bridgehead atoms. The van der Waals surface area contributed by atoms with Gasteiger partial charge in [0.15, 0.2) is 0 Å². The number of sulfonamides is 1. The molecule has 1 heterocycles. The van der Waals surface area contributed by atoms with E-state index in [9.17, 15) is 13.2 Å². The third-order valence-electron chi connectivity index (χ3n) is 6.21. The second kappa shape index (κ2) is 9.94. The molecule has 3 rings (SSSR count). The van der Waals surface area contributed by atoms with E-state index in [1.165, 1.54) is 43.5 Å². The van der Waals surface area contributed by atoms with Gasteiger partial charge in [0, 0.05) is 25.0 Å². The number of hydrogen-bond acceptors (Lipinski definition) is 4. The van der Waals surface area contributed by atoms with Crippen LogP contribution in [-0.2, 0) is 14.8 Å². The predicted octanol–water partition coefficient (Wildman–Crippen LogP) is 3.63. The fourth-order valence-corrected chi connectivity index (χ4v) is 6.11. The summed E-state index contributed by atoms with van der Waals surface area (Å²) in [5, 5.41) is 3.24. The molecule has 1 aliphatic heterocycles. The Kier molecular flexibility index (Phi) is 7.57. The van der Waals surface area contributed by atoms with E-state index in [4.69, 9.17) is 4.74 Å². The van der Waals surface area contributed by atoms with Crippen LogP contribution in [-0.4, -0.2) is 44.9 Å². The maximum atomic E-state index is 13.1. The Hall–Kier alpha value is -1.60. The number of piperidine rings is 1. The van der Waals surface area contributed by atoms with E-state index in [1.54, 1.807) is 12.1 Å². The van der Waals surface area contributed by atoms with Crippen molar-refractivity contribution in [3.63, 3.8) is 0 Å². The number of benzene rings is 1. The molecule has 6 nitrogen and oxygen atoms in total. The van der Waals surface area contributed by atoms with E-state index in [-0.39, 0.29) is 22.8 Å². The number of carbonyl (C=O) groups excluding carboxylic acids is 1. The van der Waals surface area contributed by atoms with Crippen molar-refractivity contribution < 1.29 is 17.9 Å². The summed E-state index contributed by atoms with van der Waals surface area (Å²) >= 11 is 0. The van der Waals surface area contributed by atoms with Gasteiger partial charge in [0.2, 0.25) is 15.9 Å². The molecule has 1 aromatic carbocycles. The van der Waals surface area contributed by atoms with Gasteiger partial charge in [0.25, 0.3) is 0 Å². The summed E-state index contributed by atoms with van der Waals surface area (Å²) in [5.74, 6) is 0.354. The summed E-state index contributed by atoms with van der Waals surface area (Å²) in [6.07, 6.45) is 9.42. The molecule has 1 aromatic rings. The number of amides is 1. The number of hydrogen-bond donors (Lipinski definition) is 1. The van der Waals surface area contributed by atoms with E-state index in [2.05, 4.69) is 5.32 Å². The van der Waals surface area contributed by atoms with Crippen molar-refractivity contribution in [1.82, 2.24) is 9.62 Å². The Balaban J connectivity index is 1.59. The van der Waals surface area contributed by atoms with Gasteiger partial charge in [-0.2, -0.15) is 4.31 Å². The van der Waals surface area contributed by atoms with Gasteiger partial charge in [-0.3, -0.25) is 4.79 Å². The molecular formula is C22H34N2O4S. The highest BCUT2D eigenvalue weighted by Crippen LogP contribution is 2.30. The smallest absolute Gasteiger partial charge is 0.246 e. The van der Waals surface area contributed by atoms with Crippen LogP contribution in [0.2, 0.25) is 0 Å². The van der Waals surface area contributed by atoms with Crippen LogP contribution >= 0.6 is 0 Å². The fraction of sp³-hybridized carbons (Fsp3) is 0.682. The first-order chi connectivity index (χ1) is 13.9. The molecule has 1 aliphatic carbocycles. The molecule has 1 saturated heterocycles. The van der Waals surface area contributed by atoms with Gasteiger partial charge < -0.3 is 10.1 Å². The van der Waals surface area contributed by atoms with Gasteiger partial charge >= 0.3 is 0 Å². The lowest BCUT2D eigenvalue weighted by atomic mass is 9.94. The minimum atomic E-state index is -3.64. The van der Waals surface area contributed by atoms with Crippen LogP contribution in [0.4, 0.5) is 0 Å². The third-order valence-corrected chi connectivity index (χ3v) is 8.13. The number of nitrogens with one attached hydrogen (secondary N) is 1. The van der Waals surface area contributed by atoms with Crippen molar-refractivity contribution in [3.8, 4) is 5.75 Å². The highest BCUT2D eigenvalue weighted by molar-refractivity contribution is 7.89. The highest BCUT2D eigenvalue weighted by atomic mass is 32.2. The van der Waals surface area contributed by atoms with Crippen LogP contribution in [0.3, 0.4) is 0 Å². The van der Waals surface area contributed by atoms with Crippen molar-refractivity contribution in [3.05, 3.63) is 23.8 Å². The third kappa shape index (κ3) is 5.51. The summed E-state index contributed by atoms with van der Waals surface area (Å²) in [6.45, 7) is 2.59. The first-order valence-corrected chi connectivity index (χ1v) is 12.3. The number of carbonyl (C=O) groups is 1. The van der Waals surface area contributed by atoms with Gasteiger partial charge in [0.05, 0.1) is 7.11 Å². The molecule has 0 aromatic heterocycles. The number of aryl methyl sites for hydroxylation is 1. The zero-order valence-electron chi connectivity index (χ0n) is 17.7. The fourth-order valence-electron chi connectivity index (χ4n) is 4.40. The lowest BCUT2D eigenvalue weighted by Crippen LogP contribution is -2.45. The summed E-state index contributed by atoms with van der Waals surface area (Å²) < 4.78 is 33.0. The zero-order valence-corrected chi connectivity index (χ0v) is 18.5. The lowest BCUT2D eigenvalue weighted by Gasteiger charge is -2.32. The SMILES string of the molecule is COc1ccc(C)cc1S(=O)(=O)N1CCC(C(=O)NC2CCCCCCC2)CC1. The number of nitrogens with zero attached hydrogens (tertiary/aromatic N) is 1. The Labute approximate surface area is 175 Å². The van der Waals surface area contributed by atoms with Crippen molar-refractivity contribution in [1.29, 1.82) is 0 Å². The maximum absolute atomic E-state index is 13.1. The van der Waals surface area contributed by atoms with E-state index >= 15 is 0 Å². The lowest BCUT2D eigenvalue weighted by molar-refractivity contribution is -0.127. The van der Waals surface area contributed by atoms with E-state index in [0.717, 1.165) is 18.4 Å². The van der Waals surface area contributed by atoms with Crippen molar-refractivity contribution in [2.45, 2.75) is 75.6 Å². The van der Waals surface area contributed by atoms with Gasteiger partial charge in [0.1, 0.15) is 10.6 Å². The largest absolute Gasteiger partial charge is 0.495 e. The second-order valence-corrected chi connectivity index (χ2v) is 10.3. The predicted molar refractivity (Wildman–Crippen MR) is 113 cm³/mol. The molecule has 2 fully saturated rings. The van der Waals surface area contributed by atoms with Gasteiger partial charge in [-0.05, 0) is 50.3 Å². The van der Waals surface area contributed by atoms with Crippen LogP contribution in [0.25, 0.3) is 0 Å². The van der Waals surface area contributed by atoms with Crippen LogP contribution < -0.4 is 10.1 Å². The van der Waals surface area contributed by atoms with Crippen molar-refractivity contribution >= 4 is 15.9 Å². The van der Waals surface area contributed by atoms with Crippen molar-refractivity contribution in [2.24, 2.45) is 5.92 Å². The summed E-state index contributed by atoms with van der Waals surface area (Å²) in [7, 11) is -2.15. The summed E-state index contributed by atoms with van der Waals surface area (Å²) in [5.41, 5.74) is 0.873. The molecule has 0 radical (unpaired) electrons. The summed E-state index contributed by atoms with van der Waals surface area (Å²) in [6, 6.07) is 5.46. The summed E-state index contributed by atoms with van der Waals surface area (Å²) in [4.78, 5) is 12.9. The minimum absolute atomic E-state index is 0.0979. The molecule has 0 unspecified atom stereocenters. The first-order valence-electron chi connectivity index (χ1n) is 10.9. The monoisotopic (exact) mass is 422 g/mol. The molecular weight excluding hydrogens is 388 g/mol. The molecule has 29 heavy (non-hydrogen) atoms. The van der Waals surface area contributed by atoms with E-state index in [1.807, 2.05) is 13.0 Å². The number of ether oxygens (including phenoxy) is 1. The Bertz CT molecular complexity index is 793. The van der Waals surface area contributed by atoms with Gasteiger partial charge in [-0.1, -0.05) is 38.2 Å². The normalized spacial score (nSPS) is 20.6. The molecule has 1 saturated carbocycles. The molecule has 0 atom stereocenters. The van der Waals surface area contributed by atoms with E-state index < -0.39 is 10.0 Å². The van der Waals surface area contributed by atoms with Crippen LogP contribution in [0.5, 0.6) is 5.75 Å². The van der Waals surface area contributed by atoms with Crippen molar-refractivity contribution in [2.75, 3.05) is 20.2 Å². The molecule has 0 spiro atoms.